The van der Waals surface area contributed by atoms with Gasteiger partial charge in [0.1, 0.15) is 0 Å². The van der Waals surface area contributed by atoms with Gasteiger partial charge in [-0.1, -0.05) is 17.8 Å². The summed E-state index contributed by atoms with van der Waals surface area (Å²) in [5, 5.41) is 3.75. The van der Waals surface area contributed by atoms with Crippen LogP contribution in [0.4, 0.5) is 11.9 Å². The second-order valence-corrected chi connectivity index (χ2v) is 3.78. The molecule has 0 amide bonds. The Morgan fingerprint density at radius 3 is 2.67 bits per heavy atom. The lowest BCUT2D eigenvalue weighted by molar-refractivity contribution is 0.868. The van der Waals surface area contributed by atoms with Crippen molar-refractivity contribution in [3.8, 4) is 0 Å². The minimum absolute atomic E-state index is 0.581. The van der Waals surface area contributed by atoms with E-state index in [-0.39, 0.29) is 0 Å². The predicted octanol–water partition coefficient (Wildman–Crippen LogP) is 1.26. The van der Waals surface area contributed by atoms with Crippen molar-refractivity contribution in [2.75, 3.05) is 37.1 Å². The summed E-state index contributed by atoms with van der Waals surface area (Å²) in [7, 11) is 3.80. The predicted molar refractivity (Wildman–Crippen MR) is 64.6 cm³/mol. The first kappa shape index (κ1) is 11.8. The summed E-state index contributed by atoms with van der Waals surface area (Å²) in [6.07, 6.45) is 3.70. The molecule has 0 aliphatic rings. The van der Waals surface area contributed by atoms with Crippen LogP contribution in [-0.2, 0) is 0 Å². The Hall–Kier alpha value is -1.30. The average molecular weight is 225 g/mol. The van der Waals surface area contributed by atoms with Crippen molar-refractivity contribution in [2.45, 2.75) is 5.16 Å². The highest BCUT2D eigenvalue weighted by Gasteiger charge is 2.06. The van der Waals surface area contributed by atoms with E-state index in [1.807, 2.05) is 25.3 Å². The summed E-state index contributed by atoms with van der Waals surface area (Å²) < 4.78 is 0. The van der Waals surface area contributed by atoms with Crippen molar-refractivity contribution < 1.29 is 0 Å². The van der Waals surface area contributed by atoms with Crippen LogP contribution in [-0.4, -0.2) is 41.8 Å². The van der Waals surface area contributed by atoms with Gasteiger partial charge in [0, 0.05) is 20.6 Å². The van der Waals surface area contributed by atoms with Crippen LogP contribution in [0.3, 0.4) is 0 Å². The Morgan fingerprint density at radius 1 is 1.40 bits per heavy atom. The van der Waals surface area contributed by atoms with Crippen LogP contribution in [0.1, 0.15) is 0 Å². The maximum Gasteiger partial charge on any atom is 0.230 e. The molecule has 82 valence electrons. The Balaban J connectivity index is 2.94. The fourth-order valence-electron chi connectivity index (χ4n) is 0.880. The van der Waals surface area contributed by atoms with E-state index < -0.39 is 0 Å². The minimum atomic E-state index is 0.581. The normalized spacial score (nSPS) is 9.80. The van der Waals surface area contributed by atoms with Crippen molar-refractivity contribution in [1.29, 1.82) is 0 Å². The molecule has 0 atom stereocenters. The molecular formula is C9H15N5S. The fraction of sp³-hybridized carbons (Fsp3) is 0.444. The topological polar surface area (TPSA) is 53.9 Å². The van der Waals surface area contributed by atoms with Crippen molar-refractivity contribution >= 4 is 23.7 Å². The van der Waals surface area contributed by atoms with Crippen LogP contribution in [0.2, 0.25) is 0 Å². The quantitative estimate of drug-likeness (QED) is 0.601. The smallest absolute Gasteiger partial charge is 0.230 e. The van der Waals surface area contributed by atoms with E-state index in [1.165, 1.54) is 11.8 Å². The van der Waals surface area contributed by atoms with Gasteiger partial charge in [-0.3, -0.25) is 0 Å². The van der Waals surface area contributed by atoms with Gasteiger partial charge in [-0.2, -0.15) is 15.0 Å². The zero-order valence-electron chi connectivity index (χ0n) is 9.19. The molecule has 1 N–H and O–H groups in total. The largest absolute Gasteiger partial charge is 0.351 e. The standard InChI is InChI=1S/C9H15N5S/c1-5-6-10-7-11-8(14(2)3)13-9(12-7)15-4/h5H,1,6H2,2-4H3,(H,10,11,12,13). The molecule has 0 aliphatic heterocycles. The maximum atomic E-state index is 4.26. The third-order valence-electron chi connectivity index (χ3n) is 1.59. The first-order valence-electron chi connectivity index (χ1n) is 4.49. The van der Waals surface area contributed by atoms with E-state index in [0.29, 0.717) is 23.6 Å². The highest BCUT2D eigenvalue weighted by Crippen LogP contribution is 2.14. The number of anilines is 2. The Bertz CT molecular complexity index is 339. The molecular weight excluding hydrogens is 210 g/mol. The molecule has 0 spiro atoms. The lowest BCUT2D eigenvalue weighted by Crippen LogP contribution is -2.15. The number of hydrogen-bond acceptors (Lipinski definition) is 6. The summed E-state index contributed by atoms with van der Waals surface area (Å²) in [6.45, 7) is 4.27. The van der Waals surface area contributed by atoms with E-state index in [2.05, 4.69) is 26.8 Å². The third kappa shape index (κ3) is 3.39. The monoisotopic (exact) mass is 225 g/mol. The molecule has 0 radical (unpaired) electrons. The third-order valence-corrected chi connectivity index (χ3v) is 2.14. The molecule has 0 saturated heterocycles. The van der Waals surface area contributed by atoms with Gasteiger partial charge in [0.05, 0.1) is 0 Å². The number of rotatable bonds is 5. The van der Waals surface area contributed by atoms with Gasteiger partial charge in [0.25, 0.3) is 0 Å². The Labute approximate surface area is 94.0 Å². The molecule has 0 aliphatic carbocycles. The van der Waals surface area contributed by atoms with Gasteiger partial charge in [-0.15, -0.1) is 6.58 Å². The minimum Gasteiger partial charge on any atom is -0.351 e. The van der Waals surface area contributed by atoms with Gasteiger partial charge < -0.3 is 10.2 Å². The highest BCUT2D eigenvalue weighted by atomic mass is 32.2. The van der Waals surface area contributed by atoms with Crippen molar-refractivity contribution in [3.63, 3.8) is 0 Å². The van der Waals surface area contributed by atoms with Crippen LogP contribution in [0.25, 0.3) is 0 Å². The number of aromatic nitrogens is 3. The average Bonchev–Trinajstić information content (AvgIpc) is 2.25. The summed E-state index contributed by atoms with van der Waals surface area (Å²) in [4.78, 5) is 14.6. The Kier molecular flexibility index (Phi) is 4.36. The van der Waals surface area contributed by atoms with E-state index in [0.717, 1.165) is 0 Å². The maximum absolute atomic E-state index is 4.26. The lowest BCUT2D eigenvalue weighted by Gasteiger charge is -2.12. The molecule has 0 aromatic carbocycles. The summed E-state index contributed by atoms with van der Waals surface area (Å²) in [5.41, 5.74) is 0. The van der Waals surface area contributed by atoms with Crippen molar-refractivity contribution in [2.24, 2.45) is 0 Å². The molecule has 0 unspecified atom stereocenters. The van der Waals surface area contributed by atoms with Gasteiger partial charge in [0.2, 0.25) is 11.9 Å². The number of nitrogens with one attached hydrogen (secondary N) is 1. The molecule has 1 aromatic heterocycles. The summed E-state index contributed by atoms with van der Waals surface area (Å²) >= 11 is 1.49. The fourth-order valence-corrected chi connectivity index (χ4v) is 1.23. The van der Waals surface area contributed by atoms with Gasteiger partial charge in [-0.25, -0.2) is 0 Å². The van der Waals surface area contributed by atoms with Crippen molar-refractivity contribution in [3.05, 3.63) is 12.7 Å². The first-order chi connectivity index (χ1) is 7.17. The van der Waals surface area contributed by atoms with Gasteiger partial charge in [-0.05, 0) is 6.26 Å². The highest BCUT2D eigenvalue weighted by molar-refractivity contribution is 7.98. The van der Waals surface area contributed by atoms with E-state index in [4.69, 9.17) is 0 Å². The molecule has 6 heteroatoms. The summed E-state index contributed by atoms with van der Waals surface area (Å²) in [5.74, 6) is 1.24. The molecule has 1 heterocycles. The molecule has 5 nitrogen and oxygen atoms in total. The summed E-state index contributed by atoms with van der Waals surface area (Å²) in [6, 6.07) is 0. The molecule has 1 rings (SSSR count). The van der Waals surface area contributed by atoms with E-state index in [1.54, 1.807) is 6.08 Å². The first-order valence-corrected chi connectivity index (χ1v) is 5.72. The number of thioether (sulfide) groups is 1. The van der Waals surface area contributed by atoms with Gasteiger partial charge >= 0.3 is 0 Å². The SMILES string of the molecule is C=CCNc1nc(SC)nc(N(C)C)n1. The van der Waals surface area contributed by atoms with Crippen LogP contribution in [0.5, 0.6) is 0 Å². The van der Waals surface area contributed by atoms with Crippen LogP contribution in [0, 0.1) is 0 Å². The zero-order valence-corrected chi connectivity index (χ0v) is 10.0. The lowest BCUT2D eigenvalue weighted by atomic mass is 10.6. The van der Waals surface area contributed by atoms with E-state index >= 15 is 0 Å². The zero-order chi connectivity index (χ0) is 11.3. The molecule has 0 bridgehead atoms. The second kappa shape index (κ2) is 5.55. The molecule has 0 fully saturated rings. The van der Waals surface area contributed by atoms with E-state index in [9.17, 15) is 0 Å². The second-order valence-electron chi connectivity index (χ2n) is 3.01. The molecule has 1 aromatic rings. The number of hydrogen-bond donors (Lipinski definition) is 1. The van der Waals surface area contributed by atoms with Crippen LogP contribution < -0.4 is 10.2 Å². The van der Waals surface area contributed by atoms with Crippen LogP contribution in [0.15, 0.2) is 17.8 Å². The van der Waals surface area contributed by atoms with Crippen LogP contribution >= 0.6 is 11.8 Å². The molecule has 0 saturated carbocycles. The van der Waals surface area contributed by atoms with Crippen molar-refractivity contribution in [1.82, 2.24) is 15.0 Å². The molecule has 15 heavy (non-hydrogen) atoms. The Morgan fingerprint density at radius 2 is 2.13 bits per heavy atom. The number of nitrogens with zero attached hydrogens (tertiary/aromatic N) is 4. The van der Waals surface area contributed by atoms with Gasteiger partial charge in [0.15, 0.2) is 5.16 Å².